The quantitative estimate of drug-likeness (QED) is 0.824. The predicted octanol–water partition coefficient (Wildman–Crippen LogP) is 3.02. The fraction of sp³-hybridized carbons (Fsp3) is 0.200. The van der Waals surface area contributed by atoms with Crippen molar-refractivity contribution in [2.45, 2.75) is 6.92 Å². The molecule has 0 saturated heterocycles. The maximum Gasteiger partial charge on any atom is 0.224 e. The molecule has 1 aromatic carbocycles. The van der Waals surface area contributed by atoms with E-state index < -0.39 is 0 Å². The number of benzene rings is 1. The van der Waals surface area contributed by atoms with Crippen LogP contribution in [0.5, 0.6) is 0 Å². The van der Waals surface area contributed by atoms with Crippen molar-refractivity contribution in [1.82, 2.24) is 9.97 Å². The van der Waals surface area contributed by atoms with Gasteiger partial charge >= 0.3 is 0 Å². The summed E-state index contributed by atoms with van der Waals surface area (Å²) < 4.78 is 0. The van der Waals surface area contributed by atoms with Crippen LogP contribution in [0.4, 0.5) is 5.95 Å². The molecule has 2 rings (SSSR count). The van der Waals surface area contributed by atoms with Crippen LogP contribution >= 0.6 is 0 Å². The Morgan fingerprint density at radius 1 is 0.889 bits per heavy atom. The minimum absolute atomic E-state index is 0.725. The molecule has 3 heteroatoms. The highest BCUT2D eigenvalue weighted by Crippen LogP contribution is 2.09. The topological polar surface area (TPSA) is 29.0 Å². The number of aromatic nitrogens is 2. The van der Waals surface area contributed by atoms with Gasteiger partial charge in [-0.1, -0.05) is 42.0 Å². The van der Waals surface area contributed by atoms with Crippen molar-refractivity contribution < 1.29 is 0 Å². The predicted molar refractivity (Wildman–Crippen MR) is 76.5 cm³/mol. The van der Waals surface area contributed by atoms with Crippen LogP contribution < -0.4 is 4.90 Å². The van der Waals surface area contributed by atoms with Crippen LogP contribution in [0.15, 0.2) is 36.7 Å². The molecule has 0 aliphatic rings. The normalized spacial score (nSPS) is 10.8. The number of nitrogens with zero attached hydrogens (tertiary/aromatic N) is 3. The third-order valence-corrected chi connectivity index (χ3v) is 2.60. The summed E-state index contributed by atoms with van der Waals surface area (Å²) in [6.07, 6.45) is 7.73. The van der Waals surface area contributed by atoms with Crippen LogP contribution in [0.3, 0.4) is 0 Å². The van der Waals surface area contributed by atoms with E-state index in [-0.39, 0.29) is 0 Å². The molecule has 0 unspecified atom stereocenters. The maximum atomic E-state index is 4.27. The lowest BCUT2D eigenvalue weighted by Gasteiger charge is -2.08. The Morgan fingerprint density at radius 3 is 2.00 bits per heavy atom. The number of aryl methyl sites for hydroxylation is 1. The molecule has 0 aliphatic carbocycles. The van der Waals surface area contributed by atoms with Gasteiger partial charge in [-0.15, -0.1) is 0 Å². The average Bonchev–Trinajstić information content (AvgIpc) is 2.38. The van der Waals surface area contributed by atoms with Gasteiger partial charge in [0.25, 0.3) is 0 Å². The Morgan fingerprint density at radius 2 is 1.44 bits per heavy atom. The Labute approximate surface area is 108 Å². The lowest BCUT2D eigenvalue weighted by atomic mass is 10.1. The lowest BCUT2D eigenvalue weighted by Crippen LogP contribution is -2.12. The van der Waals surface area contributed by atoms with Crippen molar-refractivity contribution >= 4 is 18.1 Å². The summed E-state index contributed by atoms with van der Waals surface area (Å²) in [7, 11) is 3.86. The van der Waals surface area contributed by atoms with Crippen molar-refractivity contribution in [3.8, 4) is 0 Å². The van der Waals surface area contributed by atoms with Gasteiger partial charge in [0.05, 0.1) is 0 Å². The molecule has 18 heavy (non-hydrogen) atoms. The first-order chi connectivity index (χ1) is 8.65. The van der Waals surface area contributed by atoms with E-state index >= 15 is 0 Å². The van der Waals surface area contributed by atoms with Gasteiger partial charge in [-0.2, -0.15) is 0 Å². The van der Waals surface area contributed by atoms with Crippen LogP contribution in [0.25, 0.3) is 12.2 Å². The first-order valence-corrected chi connectivity index (χ1v) is 5.89. The highest BCUT2D eigenvalue weighted by molar-refractivity contribution is 5.69. The van der Waals surface area contributed by atoms with Crippen LogP contribution in [0.1, 0.15) is 16.7 Å². The molecule has 0 bridgehead atoms. The van der Waals surface area contributed by atoms with Crippen LogP contribution in [0.2, 0.25) is 0 Å². The zero-order valence-corrected chi connectivity index (χ0v) is 11.0. The van der Waals surface area contributed by atoms with Crippen molar-refractivity contribution in [2.24, 2.45) is 0 Å². The highest BCUT2D eigenvalue weighted by Gasteiger charge is 1.96. The highest BCUT2D eigenvalue weighted by atomic mass is 15.2. The molecule has 3 nitrogen and oxygen atoms in total. The van der Waals surface area contributed by atoms with E-state index in [0.29, 0.717) is 0 Å². The fourth-order valence-corrected chi connectivity index (χ4v) is 1.52. The Bertz CT molecular complexity index is 525. The van der Waals surface area contributed by atoms with Gasteiger partial charge in [0.2, 0.25) is 5.95 Å². The Hall–Kier alpha value is -2.16. The Balaban J connectivity index is 2.11. The molecule has 0 fully saturated rings. The van der Waals surface area contributed by atoms with E-state index in [1.165, 1.54) is 11.1 Å². The van der Waals surface area contributed by atoms with Gasteiger partial charge in [-0.3, -0.25) is 0 Å². The number of anilines is 1. The molecule has 0 amide bonds. The zero-order chi connectivity index (χ0) is 13.0. The molecular weight excluding hydrogens is 222 g/mol. The second kappa shape index (κ2) is 5.45. The van der Waals surface area contributed by atoms with Gasteiger partial charge < -0.3 is 4.90 Å². The van der Waals surface area contributed by atoms with Crippen molar-refractivity contribution in [2.75, 3.05) is 19.0 Å². The maximum absolute atomic E-state index is 4.27. The van der Waals surface area contributed by atoms with Gasteiger partial charge in [-0.25, -0.2) is 9.97 Å². The first-order valence-electron chi connectivity index (χ1n) is 5.89. The van der Waals surface area contributed by atoms with Crippen LogP contribution in [0, 0.1) is 6.92 Å². The van der Waals surface area contributed by atoms with E-state index in [2.05, 4.69) is 47.2 Å². The SMILES string of the molecule is Cc1ccc(/C=C/c2cnc(N(C)C)nc2)cc1. The van der Waals surface area contributed by atoms with E-state index in [1.807, 2.05) is 37.5 Å². The summed E-state index contributed by atoms with van der Waals surface area (Å²) >= 11 is 0. The largest absolute Gasteiger partial charge is 0.347 e. The van der Waals surface area contributed by atoms with Crippen molar-refractivity contribution in [3.05, 3.63) is 53.3 Å². The number of hydrogen-bond acceptors (Lipinski definition) is 3. The van der Waals surface area contributed by atoms with E-state index in [1.54, 1.807) is 0 Å². The molecule has 92 valence electrons. The summed E-state index contributed by atoms with van der Waals surface area (Å²) in [5, 5.41) is 0. The fourth-order valence-electron chi connectivity index (χ4n) is 1.52. The summed E-state index contributed by atoms with van der Waals surface area (Å²) in [6, 6.07) is 8.40. The lowest BCUT2D eigenvalue weighted by molar-refractivity contribution is 0.996. The standard InChI is InChI=1S/C15H17N3/c1-12-4-6-13(7-5-12)8-9-14-10-16-15(17-11-14)18(2)3/h4-11H,1-3H3/b9-8+. The molecule has 1 aromatic heterocycles. The van der Waals surface area contributed by atoms with E-state index in [4.69, 9.17) is 0 Å². The van der Waals surface area contributed by atoms with Gasteiger partial charge in [0, 0.05) is 32.1 Å². The molecule has 0 spiro atoms. The van der Waals surface area contributed by atoms with Crippen molar-refractivity contribution in [1.29, 1.82) is 0 Å². The molecule has 0 saturated carbocycles. The van der Waals surface area contributed by atoms with E-state index in [0.717, 1.165) is 11.5 Å². The minimum Gasteiger partial charge on any atom is -0.347 e. The molecular formula is C15H17N3. The molecule has 0 N–H and O–H groups in total. The Kier molecular flexibility index (Phi) is 3.72. The van der Waals surface area contributed by atoms with Crippen molar-refractivity contribution in [3.63, 3.8) is 0 Å². The summed E-state index contributed by atoms with van der Waals surface area (Å²) in [4.78, 5) is 10.4. The van der Waals surface area contributed by atoms with Gasteiger partial charge in [-0.05, 0) is 12.5 Å². The molecule has 2 aromatic rings. The third-order valence-electron chi connectivity index (χ3n) is 2.60. The monoisotopic (exact) mass is 239 g/mol. The van der Waals surface area contributed by atoms with Crippen LogP contribution in [-0.4, -0.2) is 24.1 Å². The summed E-state index contributed by atoms with van der Waals surface area (Å²) in [5.41, 5.74) is 3.45. The van der Waals surface area contributed by atoms with Gasteiger partial charge in [0.15, 0.2) is 0 Å². The summed E-state index contributed by atoms with van der Waals surface area (Å²) in [6.45, 7) is 2.08. The second-order valence-corrected chi connectivity index (χ2v) is 4.45. The number of hydrogen-bond donors (Lipinski definition) is 0. The smallest absolute Gasteiger partial charge is 0.224 e. The second-order valence-electron chi connectivity index (χ2n) is 4.45. The van der Waals surface area contributed by atoms with Crippen LogP contribution in [-0.2, 0) is 0 Å². The minimum atomic E-state index is 0.725. The zero-order valence-electron chi connectivity index (χ0n) is 11.0. The molecule has 1 heterocycles. The summed E-state index contributed by atoms with van der Waals surface area (Å²) in [5.74, 6) is 0.725. The molecule has 0 radical (unpaired) electrons. The molecule has 0 atom stereocenters. The van der Waals surface area contributed by atoms with Gasteiger partial charge in [0.1, 0.15) is 0 Å². The number of rotatable bonds is 3. The third kappa shape index (κ3) is 3.17. The first kappa shape index (κ1) is 12.3. The molecule has 0 aliphatic heterocycles. The average molecular weight is 239 g/mol. The van der Waals surface area contributed by atoms with E-state index in [9.17, 15) is 0 Å².